The monoisotopic (exact) mass is 556 g/mol. The molecule has 1 aromatic heterocycles. The van der Waals surface area contributed by atoms with Crippen molar-refractivity contribution in [2.45, 2.75) is 32.6 Å². The first-order chi connectivity index (χ1) is 18.8. The fourth-order valence-corrected chi connectivity index (χ4v) is 4.86. The number of aryl methyl sites for hydroxylation is 1. The van der Waals surface area contributed by atoms with Gasteiger partial charge >= 0.3 is 0 Å². The van der Waals surface area contributed by atoms with Crippen LogP contribution in [-0.2, 0) is 16.0 Å². The number of unbranched alkanes of at least 4 members (excludes halogenated alkanes) is 2. The normalized spacial score (nSPS) is 14.8. The van der Waals surface area contributed by atoms with Gasteiger partial charge in [-0.1, -0.05) is 61.7 Å². The summed E-state index contributed by atoms with van der Waals surface area (Å²) in [7, 11) is 0. The van der Waals surface area contributed by atoms with Crippen LogP contribution in [0.4, 0.5) is 5.69 Å². The molecular weight excluding hydrogens is 532 g/mol. The van der Waals surface area contributed by atoms with E-state index in [1.807, 2.05) is 24.3 Å². The largest absolute Gasteiger partial charge is 0.453 e. The lowest BCUT2D eigenvalue weighted by Crippen LogP contribution is -2.54. The standard InChI is InChI=1S/C31H25ClN2O4S/c1-2-3-4-5-19-6-9-21(10-7-19)28(35)27-18-22-16-20(8-15-26(22)38-27)17-25-29(36)33-31(39)34(30(25)37)24-13-11-23(32)12-14-24/h6-18H,2-5H2,1H3,(H,33,36,39). The predicted molar refractivity (Wildman–Crippen MR) is 157 cm³/mol. The van der Waals surface area contributed by atoms with Gasteiger partial charge in [-0.2, -0.15) is 0 Å². The molecule has 1 N–H and O–H groups in total. The van der Waals surface area contributed by atoms with Crippen LogP contribution in [0.25, 0.3) is 17.0 Å². The van der Waals surface area contributed by atoms with Crippen molar-refractivity contribution in [2.75, 3.05) is 4.90 Å². The molecule has 0 saturated carbocycles. The summed E-state index contributed by atoms with van der Waals surface area (Å²) >= 11 is 11.2. The SMILES string of the molecule is CCCCCc1ccc(C(=O)c2cc3cc(C=C4C(=O)NC(=S)N(c5ccc(Cl)cc5)C4=O)ccc3o2)cc1. The molecule has 0 bridgehead atoms. The maximum atomic E-state index is 13.3. The highest BCUT2D eigenvalue weighted by atomic mass is 35.5. The molecule has 0 unspecified atom stereocenters. The summed E-state index contributed by atoms with van der Waals surface area (Å²) in [6, 6.07) is 21.1. The molecule has 2 amide bonds. The fourth-order valence-electron chi connectivity index (χ4n) is 4.46. The van der Waals surface area contributed by atoms with Gasteiger partial charge in [0.05, 0.1) is 5.69 Å². The first kappa shape index (κ1) is 26.5. The van der Waals surface area contributed by atoms with Crippen LogP contribution in [0.1, 0.15) is 53.4 Å². The lowest BCUT2D eigenvalue weighted by molar-refractivity contribution is -0.122. The van der Waals surface area contributed by atoms with Gasteiger partial charge in [-0.3, -0.25) is 24.6 Å². The molecule has 1 saturated heterocycles. The van der Waals surface area contributed by atoms with E-state index in [-0.39, 0.29) is 22.2 Å². The molecule has 0 radical (unpaired) electrons. The predicted octanol–water partition coefficient (Wildman–Crippen LogP) is 6.88. The molecule has 0 atom stereocenters. The average molecular weight is 557 g/mol. The molecule has 196 valence electrons. The Morgan fingerprint density at radius 3 is 2.46 bits per heavy atom. The zero-order chi connectivity index (χ0) is 27.5. The number of fused-ring (bicyclic) bond motifs is 1. The van der Waals surface area contributed by atoms with Crippen LogP contribution in [-0.4, -0.2) is 22.7 Å². The molecular formula is C31H25ClN2O4S. The first-order valence-electron chi connectivity index (χ1n) is 12.7. The molecule has 1 fully saturated rings. The molecule has 39 heavy (non-hydrogen) atoms. The van der Waals surface area contributed by atoms with Gasteiger partial charge in [0.1, 0.15) is 11.2 Å². The zero-order valence-electron chi connectivity index (χ0n) is 21.2. The second kappa shape index (κ2) is 11.4. The zero-order valence-corrected chi connectivity index (χ0v) is 22.8. The minimum absolute atomic E-state index is 0.00749. The minimum atomic E-state index is -0.587. The summed E-state index contributed by atoms with van der Waals surface area (Å²) in [6.45, 7) is 2.17. The Balaban J connectivity index is 1.38. The molecule has 8 heteroatoms. The number of furan rings is 1. The quantitative estimate of drug-likeness (QED) is 0.0841. The summed E-state index contributed by atoms with van der Waals surface area (Å²) in [5, 5.41) is 3.75. The molecule has 0 spiro atoms. The average Bonchev–Trinajstić information content (AvgIpc) is 3.36. The van der Waals surface area contributed by atoms with Crippen molar-refractivity contribution >= 4 is 69.3 Å². The van der Waals surface area contributed by atoms with Crippen LogP contribution in [0.15, 0.2) is 82.8 Å². The molecule has 2 heterocycles. The van der Waals surface area contributed by atoms with E-state index in [1.165, 1.54) is 29.4 Å². The number of thiocarbonyl (C=S) groups is 1. The number of ketones is 1. The molecule has 0 aliphatic carbocycles. The third-order valence-electron chi connectivity index (χ3n) is 6.55. The van der Waals surface area contributed by atoms with E-state index in [2.05, 4.69) is 12.2 Å². The first-order valence-corrected chi connectivity index (χ1v) is 13.5. The lowest BCUT2D eigenvalue weighted by atomic mass is 10.0. The van der Waals surface area contributed by atoms with Crippen molar-refractivity contribution in [3.05, 3.63) is 106 Å². The Morgan fingerprint density at radius 1 is 1.00 bits per heavy atom. The molecule has 1 aliphatic heterocycles. The van der Waals surface area contributed by atoms with Crippen molar-refractivity contribution in [2.24, 2.45) is 0 Å². The van der Waals surface area contributed by atoms with Crippen molar-refractivity contribution in [1.82, 2.24) is 5.32 Å². The number of nitrogens with zero attached hydrogens (tertiary/aromatic N) is 1. The lowest BCUT2D eigenvalue weighted by Gasteiger charge is -2.28. The molecule has 6 nitrogen and oxygen atoms in total. The summed E-state index contributed by atoms with van der Waals surface area (Å²) < 4.78 is 5.83. The summed E-state index contributed by atoms with van der Waals surface area (Å²) in [6.07, 6.45) is 5.97. The smallest absolute Gasteiger partial charge is 0.270 e. The van der Waals surface area contributed by atoms with Gasteiger partial charge in [0, 0.05) is 16.0 Å². The maximum Gasteiger partial charge on any atom is 0.270 e. The Kier molecular flexibility index (Phi) is 7.72. The van der Waals surface area contributed by atoms with Crippen LogP contribution in [0, 0.1) is 0 Å². The molecule has 5 rings (SSSR count). The Labute approximate surface area is 236 Å². The van der Waals surface area contributed by atoms with E-state index in [0.29, 0.717) is 32.8 Å². The number of halogens is 1. The van der Waals surface area contributed by atoms with E-state index in [9.17, 15) is 14.4 Å². The number of carbonyl (C=O) groups excluding carboxylic acids is 3. The summed E-state index contributed by atoms with van der Waals surface area (Å²) in [5.74, 6) is -1.12. The van der Waals surface area contributed by atoms with Crippen molar-refractivity contribution in [3.8, 4) is 0 Å². The maximum absolute atomic E-state index is 13.3. The van der Waals surface area contributed by atoms with Gasteiger partial charge in [-0.05, 0) is 84.7 Å². The minimum Gasteiger partial charge on any atom is -0.453 e. The number of hydrogen-bond acceptors (Lipinski definition) is 5. The van der Waals surface area contributed by atoms with E-state index < -0.39 is 11.8 Å². The van der Waals surface area contributed by atoms with Crippen molar-refractivity contribution < 1.29 is 18.8 Å². The van der Waals surface area contributed by atoms with Gasteiger partial charge in [0.15, 0.2) is 10.9 Å². The molecule has 1 aliphatic rings. The number of rotatable bonds is 8. The Hall–Kier alpha value is -4.07. The third-order valence-corrected chi connectivity index (χ3v) is 7.08. The second-order valence-electron chi connectivity index (χ2n) is 9.33. The number of nitrogens with one attached hydrogen (secondary N) is 1. The summed E-state index contributed by atoms with van der Waals surface area (Å²) in [4.78, 5) is 40.2. The summed E-state index contributed by atoms with van der Waals surface area (Å²) in [5.41, 5.74) is 3.30. The van der Waals surface area contributed by atoms with Gasteiger partial charge in [-0.25, -0.2) is 0 Å². The van der Waals surface area contributed by atoms with Crippen molar-refractivity contribution in [1.29, 1.82) is 0 Å². The number of carbonyl (C=O) groups is 3. The highest BCUT2D eigenvalue weighted by molar-refractivity contribution is 7.80. The van der Waals surface area contributed by atoms with Crippen LogP contribution >= 0.6 is 23.8 Å². The number of hydrogen-bond donors (Lipinski definition) is 1. The van der Waals surface area contributed by atoms with Crippen molar-refractivity contribution in [3.63, 3.8) is 0 Å². The third kappa shape index (κ3) is 5.70. The number of amides is 2. The van der Waals surface area contributed by atoms with Gasteiger partial charge < -0.3 is 4.42 Å². The topological polar surface area (TPSA) is 79.6 Å². The number of benzene rings is 3. The fraction of sp³-hybridized carbons (Fsp3) is 0.161. The van der Waals surface area contributed by atoms with E-state index >= 15 is 0 Å². The second-order valence-corrected chi connectivity index (χ2v) is 10.1. The highest BCUT2D eigenvalue weighted by Crippen LogP contribution is 2.27. The van der Waals surface area contributed by atoms with Crippen LogP contribution < -0.4 is 10.2 Å². The van der Waals surface area contributed by atoms with Crippen LogP contribution in [0.3, 0.4) is 0 Å². The van der Waals surface area contributed by atoms with Gasteiger partial charge in [0.2, 0.25) is 5.78 Å². The molecule has 3 aromatic carbocycles. The van der Waals surface area contributed by atoms with Crippen LogP contribution in [0.2, 0.25) is 5.02 Å². The van der Waals surface area contributed by atoms with E-state index in [4.69, 9.17) is 28.2 Å². The Morgan fingerprint density at radius 2 is 1.74 bits per heavy atom. The Bertz CT molecular complexity index is 1620. The van der Waals surface area contributed by atoms with Crippen LogP contribution in [0.5, 0.6) is 0 Å². The van der Waals surface area contributed by atoms with Gasteiger partial charge in [0.25, 0.3) is 11.8 Å². The highest BCUT2D eigenvalue weighted by Gasteiger charge is 2.34. The van der Waals surface area contributed by atoms with Gasteiger partial charge in [-0.15, -0.1) is 0 Å². The molecule has 4 aromatic rings. The van der Waals surface area contributed by atoms with E-state index in [0.717, 1.165) is 12.8 Å². The van der Waals surface area contributed by atoms with E-state index in [1.54, 1.807) is 48.5 Å². The number of anilines is 1.